The SMILES string of the molecule is O=C(NCC(=O)N1CCCC1)c1ccc(-n2ccnc2)cc1. The summed E-state index contributed by atoms with van der Waals surface area (Å²) >= 11 is 0. The summed E-state index contributed by atoms with van der Waals surface area (Å²) in [7, 11) is 0. The number of nitrogens with one attached hydrogen (secondary N) is 1. The van der Waals surface area contributed by atoms with Crippen LogP contribution >= 0.6 is 0 Å². The molecular formula is C16H18N4O2. The minimum absolute atomic E-state index is 0.0131. The molecule has 1 fully saturated rings. The molecule has 0 unspecified atom stereocenters. The average Bonchev–Trinajstić information content (AvgIpc) is 3.25. The molecule has 0 atom stereocenters. The van der Waals surface area contributed by atoms with E-state index in [-0.39, 0.29) is 18.4 Å². The number of imidazole rings is 1. The van der Waals surface area contributed by atoms with Crippen molar-refractivity contribution in [1.82, 2.24) is 19.8 Å². The van der Waals surface area contributed by atoms with Crippen LogP contribution in [0.5, 0.6) is 0 Å². The molecule has 0 saturated carbocycles. The molecular weight excluding hydrogens is 280 g/mol. The first-order valence-electron chi connectivity index (χ1n) is 7.38. The second-order valence-corrected chi connectivity index (χ2v) is 5.29. The fourth-order valence-electron chi connectivity index (χ4n) is 2.53. The fraction of sp³-hybridized carbons (Fsp3) is 0.312. The number of benzene rings is 1. The van der Waals surface area contributed by atoms with Crippen molar-refractivity contribution >= 4 is 11.8 Å². The van der Waals surface area contributed by atoms with Crippen LogP contribution in [0.1, 0.15) is 23.2 Å². The first-order chi connectivity index (χ1) is 10.7. The number of nitrogens with zero attached hydrogens (tertiary/aromatic N) is 3. The maximum Gasteiger partial charge on any atom is 0.251 e. The molecule has 6 nitrogen and oxygen atoms in total. The van der Waals surface area contributed by atoms with Gasteiger partial charge in [-0.05, 0) is 37.1 Å². The third kappa shape index (κ3) is 3.16. The molecule has 1 aliphatic heterocycles. The molecule has 1 aliphatic rings. The van der Waals surface area contributed by atoms with Crippen LogP contribution in [-0.2, 0) is 4.79 Å². The van der Waals surface area contributed by atoms with E-state index in [0.29, 0.717) is 5.56 Å². The van der Waals surface area contributed by atoms with Gasteiger partial charge in [0.05, 0.1) is 12.9 Å². The van der Waals surface area contributed by atoms with Gasteiger partial charge in [-0.3, -0.25) is 9.59 Å². The number of rotatable bonds is 4. The van der Waals surface area contributed by atoms with Crippen molar-refractivity contribution in [3.63, 3.8) is 0 Å². The van der Waals surface area contributed by atoms with Crippen molar-refractivity contribution < 1.29 is 9.59 Å². The Morgan fingerprint density at radius 2 is 1.86 bits per heavy atom. The van der Waals surface area contributed by atoms with Crippen LogP contribution in [0.4, 0.5) is 0 Å². The molecule has 0 spiro atoms. The summed E-state index contributed by atoms with van der Waals surface area (Å²) in [4.78, 5) is 29.7. The smallest absolute Gasteiger partial charge is 0.251 e. The molecule has 0 radical (unpaired) electrons. The van der Waals surface area contributed by atoms with Gasteiger partial charge < -0.3 is 14.8 Å². The number of aromatic nitrogens is 2. The Hall–Kier alpha value is -2.63. The molecule has 0 bridgehead atoms. The van der Waals surface area contributed by atoms with Crippen molar-refractivity contribution in [2.24, 2.45) is 0 Å². The van der Waals surface area contributed by atoms with Gasteiger partial charge in [-0.25, -0.2) is 4.98 Å². The minimum Gasteiger partial charge on any atom is -0.343 e. The Morgan fingerprint density at radius 1 is 1.14 bits per heavy atom. The van der Waals surface area contributed by atoms with Gasteiger partial charge in [0.1, 0.15) is 0 Å². The summed E-state index contributed by atoms with van der Waals surface area (Å²) < 4.78 is 1.86. The van der Waals surface area contributed by atoms with E-state index in [1.54, 1.807) is 29.6 Å². The number of amides is 2. The van der Waals surface area contributed by atoms with E-state index in [9.17, 15) is 9.59 Å². The minimum atomic E-state index is -0.232. The third-order valence-corrected chi connectivity index (χ3v) is 3.79. The predicted molar refractivity (Wildman–Crippen MR) is 81.7 cm³/mol. The number of hydrogen-bond donors (Lipinski definition) is 1. The molecule has 1 saturated heterocycles. The fourth-order valence-corrected chi connectivity index (χ4v) is 2.53. The zero-order valence-corrected chi connectivity index (χ0v) is 12.2. The Labute approximate surface area is 128 Å². The quantitative estimate of drug-likeness (QED) is 0.923. The Bertz CT molecular complexity index is 643. The molecule has 6 heteroatoms. The molecule has 114 valence electrons. The number of carbonyl (C=O) groups is 2. The Balaban J connectivity index is 1.57. The molecule has 1 aromatic heterocycles. The van der Waals surface area contributed by atoms with Crippen molar-refractivity contribution in [1.29, 1.82) is 0 Å². The van der Waals surface area contributed by atoms with Gasteiger partial charge in [-0.2, -0.15) is 0 Å². The van der Waals surface area contributed by atoms with Gasteiger partial charge in [-0.15, -0.1) is 0 Å². The molecule has 0 aliphatic carbocycles. The summed E-state index contributed by atoms with van der Waals surface area (Å²) in [6, 6.07) is 7.17. The highest BCUT2D eigenvalue weighted by Gasteiger charge is 2.18. The van der Waals surface area contributed by atoms with Crippen LogP contribution in [0.2, 0.25) is 0 Å². The van der Waals surface area contributed by atoms with E-state index >= 15 is 0 Å². The highest BCUT2D eigenvalue weighted by atomic mass is 16.2. The Morgan fingerprint density at radius 3 is 2.50 bits per heavy atom. The maximum atomic E-state index is 12.1. The van der Waals surface area contributed by atoms with Gasteiger partial charge >= 0.3 is 0 Å². The third-order valence-electron chi connectivity index (χ3n) is 3.79. The zero-order valence-electron chi connectivity index (χ0n) is 12.2. The monoisotopic (exact) mass is 298 g/mol. The summed E-state index contributed by atoms with van der Waals surface area (Å²) in [5.41, 5.74) is 1.47. The van der Waals surface area contributed by atoms with Gasteiger partial charge in [0.15, 0.2) is 0 Å². The van der Waals surface area contributed by atoms with Crippen molar-refractivity contribution in [2.75, 3.05) is 19.6 Å². The average molecular weight is 298 g/mol. The summed E-state index contributed by atoms with van der Waals surface area (Å²) in [5, 5.41) is 2.68. The second kappa shape index (κ2) is 6.43. The van der Waals surface area contributed by atoms with Crippen LogP contribution < -0.4 is 5.32 Å². The first-order valence-corrected chi connectivity index (χ1v) is 7.38. The van der Waals surface area contributed by atoms with Crippen LogP contribution in [0.15, 0.2) is 43.0 Å². The van der Waals surface area contributed by atoms with Crippen LogP contribution in [0.25, 0.3) is 5.69 Å². The maximum absolute atomic E-state index is 12.1. The van der Waals surface area contributed by atoms with Gasteiger partial charge in [0, 0.05) is 36.7 Å². The summed E-state index contributed by atoms with van der Waals surface area (Å²) in [5.74, 6) is -0.245. The van der Waals surface area contributed by atoms with Gasteiger partial charge in [0.2, 0.25) is 5.91 Å². The predicted octanol–water partition coefficient (Wildman–Crippen LogP) is 1.22. The lowest BCUT2D eigenvalue weighted by Gasteiger charge is -2.15. The van der Waals surface area contributed by atoms with Crippen LogP contribution in [-0.4, -0.2) is 45.9 Å². The molecule has 2 aromatic rings. The van der Waals surface area contributed by atoms with E-state index in [2.05, 4.69) is 10.3 Å². The van der Waals surface area contributed by atoms with E-state index in [1.807, 2.05) is 22.9 Å². The summed E-state index contributed by atoms with van der Waals surface area (Å²) in [6.45, 7) is 1.66. The lowest BCUT2D eigenvalue weighted by molar-refractivity contribution is -0.129. The molecule has 3 rings (SSSR count). The first kappa shape index (κ1) is 14.3. The molecule has 2 heterocycles. The molecule has 22 heavy (non-hydrogen) atoms. The summed E-state index contributed by atoms with van der Waals surface area (Å²) in [6.07, 6.45) is 7.34. The van der Waals surface area contributed by atoms with Gasteiger partial charge in [-0.1, -0.05) is 0 Å². The molecule has 1 aromatic carbocycles. The number of hydrogen-bond acceptors (Lipinski definition) is 3. The number of carbonyl (C=O) groups excluding carboxylic acids is 2. The standard InChI is InChI=1S/C16H18N4O2/c21-15(19-8-1-2-9-19)11-18-16(22)13-3-5-14(6-4-13)20-10-7-17-12-20/h3-7,10,12H,1-2,8-9,11H2,(H,18,22). The molecule has 2 amide bonds. The van der Waals surface area contributed by atoms with Gasteiger partial charge in [0.25, 0.3) is 5.91 Å². The topological polar surface area (TPSA) is 67.2 Å². The van der Waals surface area contributed by atoms with E-state index in [4.69, 9.17) is 0 Å². The van der Waals surface area contributed by atoms with Crippen LogP contribution in [0.3, 0.4) is 0 Å². The lowest BCUT2D eigenvalue weighted by atomic mass is 10.2. The van der Waals surface area contributed by atoms with Crippen LogP contribution in [0, 0.1) is 0 Å². The van der Waals surface area contributed by atoms with Crippen molar-refractivity contribution in [3.8, 4) is 5.69 Å². The second-order valence-electron chi connectivity index (χ2n) is 5.29. The zero-order chi connectivity index (χ0) is 15.4. The number of likely N-dealkylation sites (tertiary alicyclic amines) is 1. The lowest BCUT2D eigenvalue weighted by Crippen LogP contribution is -2.38. The van der Waals surface area contributed by atoms with Crippen molar-refractivity contribution in [2.45, 2.75) is 12.8 Å². The largest absolute Gasteiger partial charge is 0.343 e. The van der Waals surface area contributed by atoms with Crippen molar-refractivity contribution in [3.05, 3.63) is 48.5 Å². The highest BCUT2D eigenvalue weighted by molar-refractivity contribution is 5.96. The van der Waals surface area contributed by atoms with E-state index < -0.39 is 0 Å². The highest BCUT2D eigenvalue weighted by Crippen LogP contribution is 2.10. The molecule has 1 N–H and O–H groups in total. The normalized spacial score (nSPS) is 14.1. The van der Waals surface area contributed by atoms with E-state index in [0.717, 1.165) is 31.6 Å². The Kier molecular flexibility index (Phi) is 4.18. The van der Waals surface area contributed by atoms with E-state index in [1.165, 1.54) is 0 Å².